The first kappa shape index (κ1) is 19.9. The van der Waals surface area contributed by atoms with Crippen molar-refractivity contribution in [2.75, 3.05) is 26.2 Å². The highest BCUT2D eigenvalue weighted by atomic mass is 19.4. The summed E-state index contributed by atoms with van der Waals surface area (Å²) in [6.45, 7) is 3.79. The Morgan fingerprint density at radius 2 is 1.93 bits per heavy atom. The molecule has 0 N–H and O–H groups in total. The van der Waals surface area contributed by atoms with Crippen molar-refractivity contribution in [1.29, 1.82) is 0 Å². The summed E-state index contributed by atoms with van der Waals surface area (Å²) in [5.41, 5.74) is 0.876. The fourth-order valence-electron chi connectivity index (χ4n) is 3.78. The van der Waals surface area contributed by atoms with Crippen molar-refractivity contribution in [2.24, 2.45) is 7.05 Å². The van der Waals surface area contributed by atoms with Crippen LogP contribution in [0.1, 0.15) is 42.1 Å². The summed E-state index contributed by atoms with van der Waals surface area (Å²) in [7, 11) is 1.88. The van der Waals surface area contributed by atoms with Crippen molar-refractivity contribution in [3.05, 3.63) is 35.4 Å². The van der Waals surface area contributed by atoms with Crippen LogP contribution in [0.15, 0.2) is 18.5 Å². The Morgan fingerprint density at radius 1 is 1.21 bits per heavy atom. The molecule has 3 heterocycles. The molecule has 0 radical (unpaired) electrons. The number of halogens is 3. The van der Waals surface area contributed by atoms with Crippen LogP contribution in [0.4, 0.5) is 13.2 Å². The van der Waals surface area contributed by atoms with E-state index in [-0.39, 0.29) is 24.8 Å². The van der Waals surface area contributed by atoms with Crippen LogP contribution in [-0.4, -0.2) is 61.4 Å². The van der Waals surface area contributed by atoms with E-state index in [9.17, 15) is 18.0 Å². The van der Waals surface area contributed by atoms with Gasteiger partial charge in [-0.05, 0) is 18.9 Å². The third-order valence-corrected chi connectivity index (χ3v) is 5.52. The van der Waals surface area contributed by atoms with Gasteiger partial charge in [0.15, 0.2) is 5.69 Å². The van der Waals surface area contributed by atoms with Crippen LogP contribution in [0, 0.1) is 0 Å². The molecular weight excluding hydrogens is 385 g/mol. The number of amides is 1. The Labute approximate surface area is 167 Å². The Balaban J connectivity index is 1.29. The summed E-state index contributed by atoms with van der Waals surface area (Å²) in [5.74, 6) is 0.113. The molecule has 0 aromatic carbocycles. The van der Waals surface area contributed by atoms with Gasteiger partial charge < -0.3 is 4.90 Å². The van der Waals surface area contributed by atoms with E-state index in [2.05, 4.69) is 15.1 Å². The van der Waals surface area contributed by atoms with Gasteiger partial charge in [-0.3, -0.25) is 19.1 Å². The SMILES string of the molecule is Cn1cc(CN2CCN(C(=O)CCn3nc(C(F)(F)F)cc3C3CC3)CC2)cn1. The average Bonchev–Trinajstić information content (AvgIpc) is 3.29. The van der Waals surface area contributed by atoms with Crippen molar-refractivity contribution in [3.63, 3.8) is 0 Å². The fourth-order valence-corrected chi connectivity index (χ4v) is 3.78. The van der Waals surface area contributed by atoms with Crippen molar-refractivity contribution in [2.45, 2.75) is 44.4 Å². The number of alkyl halides is 3. The van der Waals surface area contributed by atoms with Crippen LogP contribution in [0.25, 0.3) is 0 Å². The highest BCUT2D eigenvalue weighted by Crippen LogP contribution is 2.42. The molecule has 0 unspecified atom stereocenters. The van der Waals surface area contributed by atoms with E-state index in [0.717, 1.165) is 44.1 Å². The quantitative estimate of drug-likeness (QED) is 0.733. The molecule has 1 saturated heterocycles. The van der Waals surface area contributed by atoms with E-state index in [4.69, 9.17) is 0 Å². The van der Waals surface area contributed by atoms with Crippen LogP contribution >= 0.6 is 0 Å². The summed E-state index contributed by atoms with van der Waals surface area (Å²) in [6, 6.07) is 1.14. The number of aryl methyl sites for hydroxylation is 2. The standard InChI is InChI=1S/C19H25F3N6O/c1-25-12-14(11-23-25)13-26-6-8-27(9-7-26)18(29)4-5-28-16(15-2-3-15)10-17(24-28)19(20,21)22/h10-12,15H,2-9,13H2,1H3. The van der Waals surface area contributed by atoms with Gasteiger partial charge in [0.1, 0.15) is 0 Å². The lowest BCUT2D eigenvalue weighted by Gasteiger charge is -2.34. The fraction of sp³-hybridized carbons (Fsp3) is 0.632. The number of aromatic nitrogens is 4. The molecule has 0 bridgehead atoms. The van der Waals surface area contributed by atoms with Gasteiger partial charge in [-0.1, -0.05) is 0 Å². The van der Waals surface area contributed by atoms with Crippen molar-refractivity contribution in [1.82, 2.24) is 29.4 Å². The number of carbonyl (C=O) groups excluding carboxylic acids is 1. The van der Waals surface area contributed by atoms with E-state index in [1.54, 1.807) is 9.58 Å². The van der Waals surface area contributed by atoms with Gasteiger partial charge >= 0.3 is 6.18 Å². The predicted molar refractivity (Wildman–Crippen MR) is 98.9 cm³/mol. The highest BCUT2D eigenvalue weighted by Gasteiger charge is 2.37. The first-order chi connectivity index (χ1) is 13.8. The van der Waals surface area contributed by atoms with Gasteiger partial charge in [-0.15, -0.1) is 0 Å². The molecule has 7 nitrogen and oxygen atoms in total. The molecule has 1 aliphatic carbocycles. The Bertz CT molecular complexity index is 862. The third-order valence-electron chi connectivity index (χ3n) is 5.52. The molecule has 0 atom stereocenters. The number of hydrogen-bond donors (Lipinski definition) is 0. The summed E-state index contributed by atoms with van der Waals surface area (Å²) < 4.78 is 42.1. The number of carbonyl (C=O) groups is 1. The third kappa shape index (κ3) is 4.80. The van der Waals surface area contributed by atoms with E-state index >= 15 is 0 Å². The molecule has 0 spiro atoms. The highest BCUT2D eigenvalue weighted by molar-refractivity contribution is 5.76. The molecule has 1 aliphatic heterocycles. The lowest BCUT2D eigenvalue weighted by atomic mass is 10.2. The van der Waals surface area contributed by atoms with Crippen LogP contribution in [0.5, 0.6) is 0 Å². The number of piperazine rings is 1. The summed E-state index contributed by atoms with van der Waals surface area (Å²) >= 11 is 0. The minimum absolute atomic E-state index is 0.0307. The van der Waals surface area contributed by atoms with Crippen LogP contribution in [-0.2, 0) is 31.1 Å². The second kappa shape index (κ2) is 7.81. The van der Waals surface area contributed by atoms with E-state index in [1.165, 1.54) is 4.68 Å². The van der Waals surface area contributed by atoms with Gasteiger partial charge in [0.05, 0.1) is 6.20 Å². The molecule has 4 rings (SSSR count). The summed E-state index contributed by atoms with van der Waals surface area (Å²) in [4.78, 5) is 16.6. The Hall–Kier alpha value is -2.36. The molecule has 158 valence electrons. The van der Waals surface area contributed by atoms with E-state index in [1.807, 2.05) is 19.4 Å². The smallest absolute Gasteiger partial charge is 0.340 e. The monoisotopic (exact) mass is 410 g/mol. The zero-order valence-electron chi connectivity index (χ0n) is 16.4. The Kier molecular flexibility index (Phi) is 5.37. The normalized spacial score (nSPS) is 18.4. The van der Waals surface area contributed by atoms with Crippen LogP contribution < -0.4 is 0 Å². The van der Waals surface area contributed by atoms with Gasteiger partial charge in [-0.25, -0.2) is 0 Å². The first-order valence-electron chi connectivity index (χ1n) is 9.92. The summed E-state index contributed by atoms with van der Waals surface area (Å²) in [6.07, 6.45) is 1.30. The van der Waals surface area contributed by atoms with Crippen molar-refractivity contribution < 1.29 is 18.0 Å². The summed E-state index contributed by atoms with van der Waals surface area (Å²) in [5, 5.41) is 7.89. The van der Waals surface area contributed by atoms with Gasteiger partial charge in [0.2, 0.25) is 5.91 Å². The molecule has 2 fully saturated rings. The van der Waals surface area contributed by atoms with E-state index in [0.29, 0.717) is 18.8 Å². The molecule has 1 amide bonds. The van der Waals surface area contributed by atoms with Crippen LogP contribution in [0.3, 0.4) is 0 Å². The molecule has 2 aromatic rings. The van der Waals surface area contributed by atoms with Crippen molar-refractivity contribution in [3.8, 4) is 0 Å². The molecule has 2 aromatic heterocycles. The molecule has 1 saturated carbocycles. The lowest BCUT2D eigenvalue weighted by Crippen LogP contribution is -2.48. The van der Waals surface area contributed by atoms with Gasteiger partial charge in [-0.2, -0.15) is 23.4 Å². The molecular formula is C19H25F3N6O. The molecule has 29 heavy (non-hydrogen) atoms. The molecule has 10 heteroatoms. The Morgan fingerprint density at radius 3 is 2.52 bits per heavy atom. The minimum Gasteiger partial charge on any atom is -0.340 e. The maximum absolute atomic E-state index is 13.0. The average molecular weight is 410 g/mol. The first-order valence-corrected chi connectivity index (χ1v) is 9.92. The maximum atomic E-state index is 13.0. The van der Waals surface area contributed by atoms with Gasteiger partial charge in [0, 0.05) is 76.1 Å². The van der Waals surface area contributed by atoms with E-state index < -0.39 is 11.9 Å². The largest absolute Gasteiger partial charge is 0.435 e. The van der Waals surface area contributed by atoms with Crippen LogP contribution in [0.2, 0.25) is 0 Å². The van der Waals surface area contributed by atoms with Gasteiger partial charge in [0.25, 0.3) is 0 Å². The zero-order valence-corrected chi connectivity index (χ0v) is 16.4. The predicted octanol–water partition coefficient (Wildman–Crippen LogP) is 2.25. The molecule has 2 aliphatic rings. The number of rotatable bonds is 6. The van der Waals surface area contributed by atoms with Crippen molar-refractivity contribution >= 4 is 5.91 Å². The second-order valence-corrected chi connectivity index (χ2v) is 7.88. The number of nitrogens with zero attached hydrogens (tertiary/aromatic N) is 6. The lowest BCUT2D eigenvalue weighted by molar-refractivity contribution is -0.141. The minimum atomic E-state index is -4.45. The second-order valence-electron chi connectivity index (χ2n) is 7.88. The number of hydrogen-bond acceptors (Lipinski definition) is 4. The topological polar surface area (TPSA) is 59.2 Å². The maximum Gasteiger partial charge on any atom is 0.435 e. The zero-order chi connectivity index (χ0) is 20.6.